The summed E-state index contributed by atoms with van der Waals surface area (Å²) >= 11 is 5.20. The Bertz CT molecular complexity index is 401. The summed E-state index contributed by atoms with van der Waals surface area (Å²) in [5.74, 6) is 0.469. The van der Waals surface area contributed by atoms with Crippen LogP contribution in [0.25, 0.3) is 0 Å². The second-order valence-electron chi connectivity index (χ2n) is 4.76. The highest BCUT2D eigenvalue weighted by atomic mass is 79.9. The number of carbonyl (C=O) groups excluding carboxylic acids is 1. The summed E-state index contributed by atoms with van der Waals surface area (Å²) < 4.78 is 1.16. The van der Waals surface area contributed by atoms with Crippen molar-refractivity contribution in [1.29, 1.82) is 0 Å². The smallest absolute Gasteiger partial charge is 0.226 e. The van der Waals surface area contributed by atoms with Crippen LogP contribution in [0, 0.1) is 5.92 Å². The topological polar surface area (TPSA) is 32.3 Å². The van der Waals surface area contributed by atoms with Crippen molar-refractivity contribution in [3.05, 3.63) is 20.8 Å². The maximum absolute atomic E-state index is 12.2. The lowest BCUT2D eigenvalue weighted by Gasteiger charge is -2.26. The Kier molecular flexibility index (Phi) is 5.21. The minimum absolute atomic E-state index is 0.179. The average molecular weight is 331 g/mol. The molecule has 0 radical (unpaired) electrons. The van der Waals surface area contributed by atoms with Crippen LogP contribution in [0.4, 0.5) is 0 Å². The number of rotatable bonds is 4. The van der Waals surface area contributed by atoms with Crippen LogP contribution in [0.1, 0.15) is 17.7 Å². The van der Waals surface area contributed by atoms with E-state index in [0.29, 0.717) is 0 Å². The minimum Gasteiger partial charge on any atom is -0.345 e. The molecule has 100 valence electrons. The highest BCUT2D eigenvalue weighted by Crippen LogP contribution is 2.22. The number of likely N-dealkylation sites (N-methyl/N-ethyl adjacent to an activating group) is 1. The molecule has 1 aromatic heterocycles. The van der Waals surface area contributed by atoms with Crippen molar-refractivity contribution in [2.24, 2.45) is 5.92 Å². The number of hydrogen-bond acceptors (Lipinski definition) is 3. The van der Waals surface area contributed by atoms with Gasteiger partial charge in [0.1, 0.15) is 0 Å². The van der Waals surface area contributed by atoms with Crippen LogP contribution in [0.15, 0.2) is 15.9 Å². The van der Waals surface area contributed by atoms with Gasteiger partial charge in [-0.3, -0.25) is 4.79 Å². The molecule has 2 heterocycles. The highest BCUT2D eigenvalue weighted by molar-refractivity contribution is 9.11. The number of carbonyl (C=O) groups is 1. The van der Waals surface area contributed by atoms with E-state index in [2.05, 4.69) is 33.4 Å². The summed E-state index contributed by atoms with van der Waals surface area (Å²) in [6, 6.07) is 4.18. The Morgan fingerprint density at radius 2 is 2.44 bits per heavy atom. The molecule has 0 aromatic carbocycles. The van der Waals surface area contributed by atoms with E-state index in [0.717, 1.165) is 42.7 Å². The maximum Gasteiger partial charge on any atom is 0.226 e. The molecule has 1 unspecified atom stereocenters. The first-order valence-corrected chi connectivity index (χ1v) is 7.97. The molecule has 2 rings (SSSR count). The van der Waals surface area contributed by atoms with Crippen molar-refractivity contribution in [2.45, 2.75) is 19.3 Å². The van der Waals surface area contributed by atoms with E-state index in [9.17, 15) is 4.79 Å². The molecule has 1 fully saturated rings. The SMILES string of the molecule is CN(CCc1ccc(Br)s1)C(=O)C1CCCNC1. The van der Waals surface area contributed by atoms with E-state index in [1.54, 1.807) is 11.3 Å². The number of hydrogen-bond donors (Lipinski definition) is 1. The monoisotopic (exact) mass is 330 g/mol. The number of piperidine rings is 1. The first-order valence-electron chi connectivity index (χ1n) is 6.36. The van der Waals surface area contributed by atoms with Gasteiger partial charge >= 0.3 is 0 Å². The third-order valence-corrected chi connectivity index (χ3v) is 5.03. The van der Waals surface area contributed by atoms with Gasteiger partial charge in [-0.05, 0) is 53.9 Å². The van der Waals surface area contributed by atoms with E-state index >= 15 is 0 Å². The molecule has 1 aliphatic heterocycles. The van der Waals surface area contributed by atoms with Crippen LogP contribution in [0.3, 0.4) is 0 Å². The van der Waals surface area contributed by atoms with E-state index in [1.807, 2.05) is 11.9 Å². The Balaban J connectivity index is 1.79. The molecule has 18 heavy (non-hydrogen) atoms. The van der Waals surface area contributed by atoms with E-state index in [-0.39, 0.29) is 11.8 Å². The van der Waals surface area contributed by atoms with Gasteiger partial charge in [0.05, 0.1) is 9.70 Å². The molecular weight excluding hydrogens is 312 g/mol. The van der Waals surface area contributed by atoms with E-state index < -0.39 is 0 Å². The summed E-state index contributed by atoms with van der Waals surface area (Å²) in [5.41, 5.74) is 0. The van der Waals surface area contributed by atoms with Gasteiger partial charge in [-0.15, -0.1) is 11.3 Å². The zero-order valence-electron chi connectivity index (χ0n) is 10.6. The van der Waals surface area contributed by atoms with E-state index in [4.69, 9.17) is 0 Å². The van der Waals surface area contributed by atoms with Crippen LogP contribution in [0.2, 0.25) is 0 Å². The van der Waals surface area contributed by atoms with Crippen molar-refractivity contribution in [3.8, 4) is 0 Å². The van der Waals surface area contributed by atoms with Crippen molar-refractivity contribution >= 4 is 33.2 Å². The lowest BCUT2D eigenvalue weighted by molar-refractivity contribution is -0.134. The second kappa shape index (κ2) is 6.68. The molecule has 1 N–H and O–H groups in total. The van der Waals surface area contributed by atoms with Crippen LogP contribution in [-0.2, 0) is 11.2 Å². The van der Waals surface area contributed by atoms with Crippen LogP contribution in [0.5, 0.6) is 0 Å². The summed E-state index contributed by atoms with van der Waals surface area (Å²) in [6.45, 7) is 2.70. The molecule has 1 atom stereocenters. The standard InChI is InChI=1S/C13H19BrN2OS/c1-16(8-6-11-4-5-12(14)18-11)13(17)10-3-2-7-15-9-10/h4-5,10,15H,2-3,6-9H2,1H3. The van der Waals surface area contributed by atoms with Crippen molar-refractivity contribution in [1.82, 2.24) is 10.2 Å². The third kappa shape index (κ3) is 3.80. The van der Waals surface area contributed by atoms with Gasteiger partial charge in [0.2, 0.25) is 5.91 Å². The Morgan fingerprint density at radius 1 is 1.61 bits per heavy atom. The van der Waals surface area contributed by atoms with Gasteiger partial charge < -0.3 is 10.2 Å². The number of nitrogens with one attached hydrogen (secondary N) is 1. The average Bonchev–Trinajstić information content (AvgIpc) is 2.82. The maximum atomic E-state index is 12.2. The van der Waals surface area contributed by atoms with Crippen molar-refractivity contribution in [3.63, 3.8) is 0 Å². The fourth-order valence-electron chi connectivity index (χ4n) is 2.25. The minimum atomic E-state index is 0.179. The zero-order valence-corrected chi connectivity index (χ0v) is 13.0. The van der Waals surface area contributed by atoms with Gasteiger partial charge in [-0.2, -0.15) is 0 Å². The fraction of sp³-hybridized carbons (Fsp3) is 0.615. The number of amides is 1. The third-order valence-electron chi connectivity index (χ3n) is 3.34. The number of nitrogens with zero attached hydrogens (tertiary/aromatic N) is 1. The molecule has 3 nitrogen and oxygen atoms in total. The Morgan fingerprint density at radius 3 is 3.06 bits per heavy atom. The predicted molar refractivity (Wildman–Crippen MR) is 79.0 cm³/mol. The molecule has 1 saturated heterocycles. The summed E-state index contributed by atoms with van der Waals surface area (Å²) in [7, 11) is 1.92. The zero-order chi connectivity index (χ0) is 13.0. The van der Waals surface area contributed by atoms with Gasteiger partial charge in [0.15, 0.2) is 0 Å². The summed E-state index contributed by atoms with van der Waals surface area (Å²) in [4.78, 5) is 15.4. The Hall–Kier alpha value is -0.390. The first kappa shape index (κ1) is 14.0. The normalized spacial score (nSPS) is 19.8. The second-order valence-corrected chi connectivity index (χ2v) is 7.31. The molecular formula is C13H19BrN2OS. The first-order chi connectivity index (χ1) is 8.66. The molecule has 0 bridgehead atoms. The predicted octanol–water partition coefficient (Wildman–Crippen LogP) is 2.51. The van der Waals surface area contributed by atoms with Crippen LogP contribution < -0.4 is 5.32 Å². The molecule has 1 amide bonds. The molecule has 0 spiro atoms. The van der Waals surface area contributed by atoms with Crippen LogP contribution >= 0.6 is 27.3 Å². The van der Waals surface area contributed by atoms with E-state index in [1.165, 1.54) is 4.88 Å². The quantitative estimate of drug-likeness (QED) is 0.919. The Labute approximate surface area is 121 Å². The molecule has 0 saturated carbocycles. The van der Waals surface area contributed by atoms with Crippen molar-refractivity contribution in [2.75, 3.05) is 26.7 Å². The number of thiophene rings is 1. The number of halogens is 1. The van der Waals surface area contributed by atoms with Gasteiger partial charge in [-0.1, -0.05) is 0 Å². The molecule has 1 aromatic rings. The van der Waals surface area contributed by atoms with Crippen LogP contribution in [-0.4, -0.2) is 37.5 Å². The highest BCUT2D eigenvalue weighted by Gasteiger charge is 2.23. The molecule has 1 aliphatic rings. The fourth-order valence-corrected chi connectivity index (χ4v) is 3.72. The summed E-state index contributed by atoms with van der Waals surface area (Å²) in [6.07, 6.45) is 3.08. The summed E-state index contributed by atoms with van der Waals surface area (Å²) in [5, 5.41) is 3.30. The van der Waals surface area contributed by atoms with Gasteiger partial charge in [-0.25, -0.2) is 0 Å². The van der Waals surface area contributed by atoms with Gasteiger partial charge in [0, 0.05) is 25.0 Å². The van der Waals surface area contributed by atoms with Gasteiger partial charge in [0.25, 0.3) is 0 Å². The lowest BCUT2D eigenvalue weighted by atomic mass is 9.98. The van der Waals surface area contributed by atoms with Crippen molar-refractivity contribution < 1.29 is 4.79 Å². The molecule has 5 heteroatoms. The largest absolute Gasteiger partial charge is 0.345 e. The lowest BCUT2D eigenvalue weighted by Crippen LogP contribution is -2.42. The molecule has 0 aliphatic carbocycles.